The predicted molar refractivity (Wildman–Crippen MR) is 156 cm³/mol. The molecule has 2 nitrogen and oxygen atoms in total. The van der Waals surface area contributed by atoms with E-state index in [9.17, 15) is 0 Å². The molecule has 0 aliphatic heterocycles. The van der Waals surface area contributed by atoms with Crippen LogP contribution in [0.15, 0.2) is 46.6 Å². The molecule has 0 amide bonds. The summed E-state index contributed by atoms with van der Waals surface area (Å²) in [7, 11) is 4.37. The van der Waals surface area contributed by atoms with Crippen LogP contribution in [0.4, 0.5) is 0 Å². The Morgan fingerprint density at radius 2 is 1.06 bits per heavy atom. The molecule has 0 aromatic carbocycles. The molecule has 0 unspecified atom stereocenters. The van der Waals surface area contributed by atoms with Gasteiger partial charge in [-0.05, 0) is 132 Å². The van der Waals surface area contributed by atoms with Gasteiger partial charge in [-0.25, -0.2) is 18.6 Å². The Morgan fingerprint density at radius 1 is 0.600 bits per heavy atom. The zero-order chi connectivity index (χ0) is 25.6. The minimum atomic E-state index is 0. The van der Waals surface area contributed by atoms with Crippen LogP contribution in [0.3, 0.4) is 0 Å². The Morgan fingerprint density at radius 3 is 1.51 bits per heavy atom. The van der Waals surface area contributed by atoms with E-state index >= 15 is 0 Å². The summed E-state index contributed by atoms with van der Waals surface area (Å²) in [5.41, 5.74) is 6.06. The topological polar surface area (TPSA) is 6.48 Å². The van der Waals surface area contributed by atoms with E-state index in [4.69, 9.17) is 0 Å². The minimum Gasteiger partial charge on any atom is -0.309 e. The molecule has 0 aliphatic carbocycles. The normalized spacial score (nSPS) is 13.6. The van der Waals surface area contributed by atoms with Crippen molar-refractivity contribution in [3.63, 3.8) is 0 Å². The summed E-state index contributed by atoms with van der Waals surface area (Å²) < 4.78 is 0. The summed E-state index contributed by atoms with van der Waals surface area (Å²) in [6.45, 7) is 20.1. The molecule has 0 saturated carbocycles. The zero-order valence-electron chi connectivity index (χ0n) is 25.2. The van der Waals surface area contributed by atoms with E-state index in [2.05, 4.69) is 83.7 Å². The van der Waals surface area contributed by atoms with E-state index in [1.807, 2.05) is 6.08 Å². The molecule has 0 heterocycles. The Bertz CT molecular complexity index is 613. The van der Waals surface area contributed by atoms with Gasteiger partial charge in [0, 0.05) is 0 Å². The number of unbranched alkanes of at least 4 members (excludes halogenated alkanes) is 2. The van der Waals surface area contributed by atoms with Crippen molar-refractivity contribution in [3.05, 3.63) is 53.5 Å². The first-order valence-corrected chi connectivity index (χ1v) is 14.1. The van der Waals surface area contributed by atoms with E-state index in [1.165, 1.54) is 95.1 Å². The first kappa shape index (κ1) is 36.5. The molecule has 0 atom stereocenters. The molecular weight excluding hydrogens is 419 g/mol. The molecule has 0 saturated heterocycles. The third-order valence-corrected chi connectivity index (χ3v) is 6.63. The van der Waals surface area contributed by atoms with Gasteiger partial charge in [0.25, 0.3) is 0 Å². The fourth-order valence-corrected chi connectivity index (χ4v) is 4.27. The quantitative estimate of drug-likeness (QED) is 0.0842. The fraction of sp³-hybridized carbons (Fsp3) is 0.719. The second-order valence-corrected chi connectivity index (χ2v) is 10.6. The molecule has 0 rings (SSSR count). The van der Waals surface area contributed by atoms with Crippen LogP contribution in [0.25, 0.3) is 0 Å². The van der Waals surface area contributed by atoms with E-state index in [-0.39, 0.29) is 18.9 Å². The second-order valence-electron chi connectivity index (χ2n) is 10.6. The van der Waals surface area contributed by atoms with Gasteiger partial charge in [0.2, 0.25) is 0 Å². The van der Waals surface area contributed by atoms with Crippen LogP contribution in [0, 0.1) is 6.92 Å². The summed E-state index contributed by atoms with van der Waals surface area (Å²) >= 11 is 0. The van der Waals surface area contributed by atoms with E-state index in [1.54, 1.807) is 11.1 Å². The molecule has 35 heavy (non-hydrogen) atoms. The van der Waals surface area contributed by atoms with E-state index < -0.39 is 0 Å². The summed E-state index contributed by atoms with van der Waals surface area (Å²) in [6, 6.07) is 0. The Labute approximate surface area is 233 Å². The van der Waals surface area contributed by atoms with Gasteiger partial charge >= 0.3 is 18.9 Å². The van der Waals surface area contributed by atoms with Gasteiger partial charge in [-0.2, -0.15) is 0 Å². The number of hydrogen-bond donors (Lipinski definition) is 0. The molecule has 0 spiro atoms. The van der Waals surface area contributed by atoms with Crippen molar-refractivity contribution in [1.29, 1.82) is 0 Å². The number of nitrogens with zero attached hydrogens (tertiary/aromatic N) is 2. The number of hydrogen-bond acceptors (Lipinski definition) is 2. The molecule has 0 aromatic rings. The molecule has 3 heteroatoms. The average Bonchev–Trinajstić information content (AvgIpc) is 2.78. The van der Waals surface area contributed by atoms with Crippen LogP contribution in [-0.4, -0.2) is 50.1 Å². The van der Waals surface area contributed by atoms with E-state index in [0.29, 0.717) is 0 Å². The van der Waals surface area contributed by atoms with Crippen molar-refractivity contribution < 1.29 is 18.9 Å². The smallest absolute Gasteiger partial charge is 0.309 e. The maximum atomic E-state index is 3.85. The monoisotopic (exact) mass is 478 g/mol. The first-order valence-electron chi connectivity index (χ1n) is 14.1. The van der Waals surface area contributed by atoms with Crippen molar-refractivity contribution in [2.24, 2.45) is 0 Å². The molecular formula is C32H59LiN2. The third kappa shape index (κ3) is 24.8. The van der Waals surface area contributed by atoms with Crippen molar-refractivity contribution in [3.8, 4) is 0 Å². The second kappa shape index (κ2) is 25.0. The van der Waals surface area contributed by atoms with Gasteiger partial charge in [-0.15, -0.1) is 6.92 Å². The zero-order valence-corrected chi connectivity index (χ0v) is 25.2. The van der Waals surface area contributed by atoms with Gasteiger partial charge in [0.15, 0.2) is 0 Å². The molecule has 0 aromatic heterocycles. The average molecular weight is 479 g/mol. The molecule has 0 N–H and O–H groups in total. The van der Waals surface area contributed by atoms with Crippen LogP contribution in [0.5, 0.6) is 0 Å². The summed E-state index contributed by atoms with van der Waals surface area (Å²) in [5, 5.41) is 0. The standard InChI is InChI=1S/C32H59N2.Li/c1-9-18-30(4)22-16-24-32(6)20-12-14-27-34(28-17-25-33(7)8)26-13-11-19-31(5)23-15-21-29(3)10-2;/h10,18,23-24H,2,9,11-17,19-22,25-28H2,1,3-8H3;/q-1;+1/b29-10+,30-18+,31-23+,32-24+;. The molecule has 198 valence electrons. The Balaban J connectivity index is 0. The minimum absolute atomic E-state index is 0. The number of rotatable bonds is 21. The maximum Gasteiger partial charge on any atom is 1.00 e. The van der Waals surface area contributed by atoms with Crippen LogP contribution in [-0.2, 0) is 0 Å². The third-order valence-electron chi connectivity index (χ3n) is 6.63. The van der Waals surface area contributed by atoms with E-state index in [0.717, 1.165) is 19.3 Å². The van der Waals surface area contributed by atoms with Gasteiger partial charge in [0.05, 0.1) is 0 Å². The predicted octanol–water partition coefficient (Wildman–Crippen LogP) is 6.17. The first-order chi connectivity index (χ1) is 16.3. The SMILES string of the molecule is [CH2-]/C=C(\C)CC/C=C(\C)CCCCN(CCCC/C(C)=C/CC/C(C)=C/CC)CCCN(C)C.[Li+]. The fourth-order valence-electron chi connectivity index (χ4n) is 4.27. The van der Waals surface area contributed by atoms with Crippen molar-refractivity contribution in [2.75, 3.05) is 40.3 Å². The van der Waals surface area contributed by atoms with Gasteiger partial charge < -0.3 is 9.80 Å². The van der Waals surface area contributed by atoms with Gasteiger partial charge in [0.1, 0.15) is 0 Å². The Kier molecular flexibility index (Phi) is 26.1. The van der Waals surface area contributed by atoms with Crippen LogP contribution >= 0.6 is 0 Å². The Hall–Kier alpha value is -0.653. The summed E-state index contributed by atoms with van der Waals surface area (Å²) in [6.07, 6.45) is 24.1. The molecule has 0 fully saturated rings. The molecule has 0 bridgehead atoms. The van der Waals surface area contributed by atoms with Crippen molar-refractivity contribution in [1.82, 2.24) is 9.80 Å². The van der Waals surface area contributed by atoms with Gasteiger partial charge in [-0.1, -0.05) is 48.3 Å². The molecule has 0 radical (unpaired) electrons. The molecule has 0 aliphatic rings. The number of allylic oxidation sites excluding steroid dienone is 8. The maximum absolute atomic E-state index is 3.85. The van der Waals surface area contributed by atoms with Crippen LogP contribution in [0.2, 0.25) is 0 Å². The summed E-state index contributed by atoms with van der Waals surface area (Å²) in [4.78, 5) is 5.03. The van der Waals surface area contributed by atoms with Crippen molar-refractivity contribution >= 4 is 0 Å². The van der Waals surface area contributed by atoms with Crippen LogP contribution < -0.4 is 18.9 Å². The van der Waals surface area contributed by atoms with Crippen LogP contribution in [0.1, 0.15) is 112 Å². The summed E-state index contributed by atoms with van der Waals surface area (Å²) in [5.74, 6) is 0. The van der Waals surface area contributed by atoms with Crippen molar-refractivity contribution in [2.45, 2.75) is 112 Å². The van der Waals surface area contributed by atoms with Gasteiger partial charge in [-0.3, -0.25) is 0 Å². The largest absolute Gasteiger partial charge is 1.00 e.